The van der Waals surface area contributed by atoms with Gasteiger partial charge in [0.05, 0.1) is 12.2 Å². The molecule has 0 saturated heterocycles. The molecule has 30 heavy (non-hydrogen) atoms. The van der Waals surface area contributed by atoms with Gasteiger partial charge in [0.15, 0.2) is 0 Å². The lowest BCUT2D eigenvalue weighted by atomic mass is 10.1. The number of nitrogens with one attached hydrogen (secondary N) is 2. The second-order valence-corrected chi connectivity index (χ2v) is 7.56. The van der Waals surface area contributed by atoms with Crippen LogP contribution in [0.1, 0.15) is 40.1 Å². The summed E-state index contributed by atoms with van der Waals surface area (Å²) in [5.74, 6) is 0.507. The predicted molar refractivity (Wildman–Crippen MR) is 120 cm³/mol. The lowest BCUT2D eigenvalue weighted by Crippen LogP contribution is -2.15. The molecule has 5 heteroatoms. The van der Waals surface area contributed by atoms with Gasteiger partial charge in [0.25, 0.3) is 11.8 Å². The highest BCUT2D eigenvalue weighted by Gasteiger charge is 2.13. The van der Waals surface area contributed by atoms with Gasteiger partial charge in [-0.3, -0.25) is 9.59 Å². The third-order valence-corrected chi connectivity index (χ3v) is 4.38. The highest BCUT2D eigenvalue weighted by molar-refractivity contribution is 6.07. The number of aryl methyl sites for hydroxylation is 1. The van der Waals surface area contributed by atoms with Crippen LogP contribution in [0.3, 0.4) is 0 Å². The fraction of sp³-hybridized carbons (Fsp3) is 0.200. The fourth-order valence-electron chi connectivity index (χ4n) is 2.86. The molecule has 0 atom stereocenters. The Labute approximate surface area is 177 Å². The first-order valence-corrected chi connectivity index (χ1v) is 9.93. The van der Waals surface area contributed by atoms with Crippen LogP contribution in [0.5, 0.6) is 5.75 Å². The van der Waals surface area contributed by atoms with Crippen molar-refractivity contribution in [2.45, 2.75) is 20.8 Å². The van der Waals surface area contributed by atoms with Crippen molar-refractivity contribution in [1.82, 2.24) is 0 Å². The molecule has 0 aliphatic rings. The van der Waals surface area contributed by atoms with Gasteiger partial charge in [-0.15, -0.1) is 0 Å². The van der Waals surface area contributed by atoms with Crippen molar-refractivity contribution in [3.8, 4) is 5.75 Å². The zero-order valence-electron chi connectivity index (χ0n) is 17.4. The van der Waals surface area contributed by atoms with E-state index in [1.807, 2.05) is 31.2 Å². The summed E-state index contributed by atoms with van der Waals surface area (Å²) in [5.41, 5.74) is 3.39. The summed E-state index contributed by atoms with van der Waals surface area (Å²) < 4.78 is 5.76. The Morgan fingerprint density at radius 3 is 2.10 bits per heavy atom. The molecular weight excluding hydrogens is 376 g/mol. The lowest BCUT2D eigenvalue weighted by Gasteiger charge is -2.13. The zero-order valence-corrected chi connectivity index (χ0v) is 17.4. The number of hydrogen-bond donors (Lipinski definition) is 2. The summed E-state index contributed by atoms with van der Waals surface area (Å²) in [6.07, 6.45) is 0. The molecule has 0 unspecified atom stereocenters. The third-order valence-electron chi connectivity index (χ3n) is 4.38. The van der Waals surface area contributed by atoms with Crippen molar-refractivity contribution >= 4 is 23.2 Å². The second-order valence-electron chi connectivity index (χ2n) is 7.56. The molecule has 5 nitrogen and oxygen atoms in total. The Bertz CT molecular complexity index is 1030. The summed E-state index contributed by atoms with van der Waals surface area (Å²) in [7, 11) is 0. The van der Waals surface area contributed by atoms with Gasteiger partial charge in [-0.05, 0) is 61.4 Å². The van der Waals surface area contributed by atoms with E-state index < -0.39 is 0 Å². The number of hydrogen-bond acceptors (Lipinski definition) is 3. The van der Waals surface area contributed by atoms with Crippen LogP contribution in [0.15, 0.2) is 72.8 Å². The van der Waals surface area contributed by atoms with E-state index in [2.05, 4.69) is 24.5 Å². The molecule has 0 spiro atoms. The van der Waals surface area contributed by atoms with Crippen LogP contribution in [0.4, 0.5) is 11.4 Å². The smallest absolute Gasteiger partial charge is 0.259 e. The third kappa shape index (κ3) is 5.70. The summed E-state index contributed by atoms with van der Waals surface area (Å²) in [6.45, 7) is 6.60. The number of anilines is 2. The number of carbonyl (C=O) groups is 2. The highest BCUT2D eigenvalue weighted by atomic mass is 16.5. The molecule has 2 N–H and O–H groups in total. The van der Waals surface area contributed by atoms with Crippen LogP contribution in [0.25, 0.3) is 0 Å². The minimum absolute atomic E-state index is 0.174. The molecule has 0 fully saturated rings. The van der Waals surface area contributed by atoms with E-state index in [0.717, 1.165) is 5.56 Å². The van der Waals surface area contributed by atoms with Gasteiger partial charge in [0, 0.05) is 16.9 Å². The summed E-state index contributed by atoms with van der Waals surface area (Å²) in [6, 6.07) is 21.6. The summed E-state index contributed by atoms with van der Waals surface area (Å²) >= 11 is 0. The molecule has 3 aromatic carbocycles. The Morgan fingerprint density at radius 2 is 1.47 bits per heavy atom. The van der Waals surface area contributed by atoms with E-state index in [4.69, 9.17) is 4.74 Å². The Hall–Kier alpha value is -3.60. The first-order chi connectivity index (χ1) is 14.4. The summed E-state index contributed by atoms with van der Waals surface area (Å²) in [5, 5.41) is 5.74. The Balaban J connectivity index is 1.64. The van der Waals surface area contributed by atoms with Crippen LogP contribution < -0.4 is 15.4 Å². The van der Waals surface area contributed by atoms with Gasteiger partial charge in [0.1, 0.15) is 5.75 Å². The van der Waals surface area contributed by atoms with Gasteiger partial charge in [-0.25, -0.2) is 0 Å². The minimum Gasteiger partial charge on any atom is -0.492 e. The molecule has 0 aliphatic heterocycles. The molecule has 3 aromatic rings. The van der Waals surface area contributed by atoms with E-state index in [1.54, 1.807) is 48.5 Å². The van der Waals surface area contributed by atoms with Crippen molar-refractivity contribution in [3.63, 3.8) is 0 Å². The largest absolute Gasteiger partial charge is 0.492 e. The monoisotopic (exact) mass is 402 g/mol. The topological polar surface area (TPSA) is 67.4 Å². The molecular formula is C25H26N2O3. The molecule has 2 amide bonds. The van der Waals surface area contributed by atoms with Gasteiger partial charge in [0.2, 0.25) is 0 Å². The lowest BCUT2D eigenvalue weighted by molar-refractivity contribution is 0.101. The maximum Gasteiger partial charge on any atom is 0.259 e. The second kappa shape index (κ2) is 9.74. The molecule has 0 aromatic heterocycles. The molecule has 0 heterocycles. The standard InChI is InChI=1S/C25H26N2O3/c1-17(2)16-30-23-10-5-4-9-22(23)25(29)27-21-13-11-20(12-14-21)26-24(28)19-8-6-7-18(3)15-19/h4-15,17H,16H2,1-3H3,(H,26,28)(H,27,29). The maximum atomic E-state index is 12.7. The van der Waals surface area contributed by atoms with Gasteiger partial charge in [-0.2, -0.15) is 0 Å². The van der Waals surface area contributed by atoms with E-state index in [-0.39, 0.29) is 11.8 Å². The molecule has 0 radical (unpaired) electrons. The quantitative estimate of drug-likeness (QED) is 0.546. The number of benzene rings is 3. The van der Waals surface area contributed by atoms with Crippen molar-refractivity contribution < 1.29 is 14.3 Å². The van der Waals surface area contributed by atoms with Crippen molar-refractivity contribution in [2.75, 3.05) is 17.2 Å². The number of rotatable bonds is 7. The average molecular weight is 402 g/mol. The summed E-state index contributed by atoms with van der Waals surface area (Å²) in [4.78, 5) is 25.1. The maximum absolute atomic E-state index is 12.7. The fourth-order valence-corrected chi connectivity index (χ4v) is 2.86. The Kier molecular flexibility index (Phi) is 6.86. The van der Waals surface area contributed by atoms with Crippen LogP contribution in [0.2, 0.25) is 0 Å². The number of ether oxygens (including phenoxy) is 1. The van der Waals surface area contributed by atoms with Crippen LogP contribution in [0, 0.1) is 12.8 Å². The van der Waals surface area contributed by atoms with Crippen LogP contribution in [-0.2, 0) is 0 Å². The number of carbonyl (C=O) groups excluding carboxylic acids is 2. The molecule has 0 bridgehead atoms. The van der Waals surface area contributed by atoms with Crippen molar-refractivity contribution in [1.29, 1.82) is 0 Å². The van der Waals surface area contributed by atoms with Crippen molar-refractivity contribution in [2.24, 2.45) is 5.92 Å². The van der Waals surface area contributed by atoms with E-state index in [9.17, 15) is 9.59 Å². The SMILES string of the molecule is Cc1cccc(C(=O)Nc2ccc(NC(=O)c3ccccc3OCC(C)C)cc2)c1. The highest BCUT2D eigenvalue weighted by Crippen LogP contribution is 2.21. The first-order valence-electron chi connectivity index (χ1n) is 9.93. The van der Waals surface area contributed by atoms with Crippen molar-refractivity contribution in [3.05, 3.63) is 89.5 Å². The van der Waals surface area contributed by atoms with Gasteiger partial charge in [-0.1, -0.05) is 43.7 Å². The minimum atomic E-state index is -0.245. The van der Waals surface area contributed by atoms with Gasteiger partial charge < -0.3 is 15.4 Å². The van der Waals surface area contributed by atoms with Crippen LogP contribution in [-0.4, -0.2) is 18.4 Å². The van der Waals surface area contributed by atoms with E-state index in [1.165, 1.54) is 0 Å². The zero-order chi connectivity index (χ0) is 21.5. The molecule has 0 saturated carbocycles. The van der Waals surface area contributed by atoms with E-state index in [0.29, 0.717) is 40.8 Å². The molecule has 0 aliphatic carbocycles. The first kappa shape index (κ1) is 21.1. The number of amides is 2. The number of para-hydroxylation sites is 1. The average Bonchev–Trinajstić information content (AvgIpc) is 2.73. The van der Waals surface area contributed by atoms with Crippen LogP contribution >= 0.6 is 0 Å². The van der Waals surface area contributed by atoms with E-state index >= 15 is 0 Å². The predicted octanol–water partition coefficient (Wildman–Crippen LogP) is 5.53. The van der Waals surface area contributed by atoms with Gasteiger partial charge >= 0.3 is 0 Å². The Morgan fingerprint density at radius 1 is 0.833 bits per heavy atom. The normalized spacial score (nSPS) is 10.5. The molecule has 154 valence electrons. The molecule has 3 rings (SSSR count).